The molecule has 5 aromatic heterocycles. The van der Waals surface area contributed by atoms with Crippen molar-refractivity contribution in [2.24, 2.45) is 5.92 Å². The number of pyridine rings is 2. The minimum absolute atomic E-state index is 0.102. The molecule has 1 amide bonds. The summed E-state index contributed by atoms with van der Waals surface area (Å²) in [4.78, 5) is 21.6. The van der Waals surface area contributed by atoms with Crippen LogP contribution in [0.3, 0.4) is 0 Å². The topological polar surface area (TPSA) is 129 Å². The second-order valence-electron chi connectivity index (χ2n) is 9.34. The number of hydrogen-bond acceptors (Lipinski definition) is 8. The standard InChI is InChI=1S/C24H18F5N9O2/c1-11-17(6-14(7-30-11)20-33-22(40-35-20)13-4-15(5-13)24(27,28)29)32-21(39)16-8-31-37-9-12(2-3-19(16)37)18-10-38(23(25)26)36-34-18/h2-3,6-10,13,15,23H,4-5H2,1H3,(H,32,39). The monoisotopic (exact) mass is 559 g/mol. The number of nitrogens with one attached hydrogen (secondary N) is 1. The molecular weight excluding hydrogens is 541 g/mol. The van der Waals surface area contributed by atoms with Gasteiger partial charge in [0.1, 0.15) is 5.69 Å². The van der Waals surface area contributed by atoms with Crippen LogP contribution in [0.5, 0.6) is 0 Å². The molecule has 0 spiro atoms. The van der Waals surface area contributed by atoms with E-state index in [1.807, 2.05) is 0 Å². The minimum atomic E-state index is -4.24. The molecule has 40 heavy (non-hydrogen) atoms. The molecule has 1 aliphatic rings. The molecule has 0 radical (unpaired) electrons. The lowest BCUT2D eigenvalue weighted by Crippen LogP contribution is -2.34. The van der Waals surface area contributed by atoms with Crippen LogP contribution in [-0.4, -0.2) is 51.8 Å². The van der Waals surface area contributed by atoms with Gasteiger partial charge in [-0.05, 0) is 38.0 Å². The van der Waals surface area contributed by atoms with E-state index in [9.17, 15) is 26.7 Å². The normalized spacial score (nSPS) is 17.4. The molecule has 0 bridgehead atoms. The highest BCUT2D eigenvalue weighted by Crippen LogP contribution is 2.49. The Kier molecular flexibility index (Phi) is 6.03. The fourth-order valence-corrected chi connectivity index (χ4v) is 4.39. The number of hydrogen-bond donors (Lipinski definition) is 1. The van der Waals surface area contributed by atoms with Crippen molar-refractivity contribution in [3.05, 3.63) is 60.1 Å². The Bertz CT molecular complexity index is 1720. The zero-order valence-corrected chi connectivity index (χ0v) is 20.5. The molecule has 6 rings (SSSR count). The van der Waals surface area contributed by atoms with Gasteiger partial charge < -0.3 is 9.84 Å². The number of alkyl halides is 5. The average Bonchev–Trinajstić information content (AvgIpc) is 3.63. The molecule has 5 aromatic rings. The quantitative estimate of drug-likeness (QED) is 0.286. The summed E-state index contributed by atoms with van der Waals surface area (Å²) in [6.45, 7) is -1.14. The van der Waals surface area contributed by atoms with Gasteiger partial charge in [0.25, 0.3) is 5.91 Å². The van der Waals surface area contributed by atoms with Gasteiger partial charge >= 0.3 is 12.7 Å². The smallest absolute Gasteiger partial charge is 0.339 e. The summed E-state index contributed by atoms with van der Waals surface area (Å²) in [5, 5.41) is 17.9. The molecule has 1 N–H and O–H groups in total. The molecular formula is C24H18F5N9O2. The fourth-order valence-electron chi connectivity index (χ4n) is 4.39. The molecule has 1 aliphatic carbocycles. The Labute approximate surface area is 221 Å². The van der Waals surface area contributed by atoms with Crippen LogP contribution in [0.25, 0.3) is 28.2 Å². The SMILES string of the molecule is Cc1ncc(-c2noc(C3CC(C(F)(F)F)C3)n2)cc1NC(=O)c1cnn2cc(-c3cn(C(F)F)nn3)ccc12. The van der Waals surface area contributed by atoms with Crippen molar-refractivity contribution in [3.8, 4) is 22.6 Å². The van der Waals surface area contributed by atoms with Gasteiger partial charge in [-0.25, -0.2) is 4.52 Å². The van der Waals surface area contributed by atoms with Gasteiger partial charge in [0.15, 0.2) is 0 Å². The van der Waals surface area contributed by atoms with Gasteiger partial charge in [0, 0.05) is 29.4 Å². The molecule has 0 saturated heterocycles. The highest BCUT2D eigenvalue weighted by Gasteiger charge is 2.49. The first kappa shape index (κ1) is 25.5. The summed E-state index contributed by atoms with van der Waals surface area (Å²) in [7, 11) is 0. The Hall–Kier alpha value is -4.76. The molecule has 0 aliphatic heterocycles. The predicted molar refractivity (Wildman–Crippen MR) is 127 cm³/mol. The lowest BCUT2D eigenvalue weighted by Gasteiger charge is -2.33. The minimum Gasteiger partial charge on any atom is -0.339 e. The first-order valence-electron chi connectivity index (χ1n) is 11.9. The summed E-state index contributed by atoms with van der Waals surface area (Å²) in [5.74, 6) is -2.05. The summed E-state index contributed by atoms with van der Waals surface area (Å²) in [5.41, 5.74) is 2.62. The van der Waals surface area contributed by atoms with E-state index in [1.165, 1.54) is 23.1 Å². The molecule has 11 nitrogen and oxygen atoms in total. The van der Waals surface area contributed by atoms with Crippen LogP contribution in [0.1, 0.15) is 47.3 Å². The zero-order valence-electron chi connectivity index (χ0n) is 20.5. The molecule has 5 heterocycles. The number of carbonyl (C=O) groups is 1. The molecule has 0 aromatic carbocycles. The Morgan fingerprint density at radius 3 is 2.67 bits per heavy atom. The summed E-state index contributed by atoms with van der Waals surface area (Å²) < 4.78 is 71.1. The Morgan fingerprint density at radius 2 is 1.95 bits per heavy atom. The summed E-state index contributed by atoms with van der Waals surface area (Å²) in [6.07, 6.45) is 1.02. The van der Waals surface area contributed by atoms with Gasteiger partial charge in [0.2, 0.25) is 11.7 Å². The maximum Gasteiger partial charge on any atom is 0.391 e. The zero-order chi connectivity index (χ0) is 28.2. The van der Waals surface area contributed by atoms with Gasteiger partial charge in [0.05, 0.1) is 40.8 Å². The highest BCUT2D eigenvalue weighted by molar-refractivity contribution is 6.09. The molecule has 0 atom stereocenters. The van der Waals surface area contributed by atoms with Crippen molar-refractivity contribution < 1.29 is 31.3 Å². The largest absolute Gasteiger partial charge is 0.391 e. The maximum absolute atomic E-state index is 13.1. The third-order valence-electron chi connectivity index (χ3n) is 6.75. The number of anilines is 1. The van der Waals surface area contributed by atoms with Crippen LogP contribution in [-0.2, 0) is 0 Å². The van der Waals surface area contributed by atoms with E-state index in [2.05, 4.69) is 35.9 Å². The summed E-state index contributed by atoms with van der Waals surface area (Å²) >= 11 is 0. The highest BCUT2D eigenvalue weighted by atomic mass is 19.4. The van der Waals surface area contributed by atoms with Gasteiger partial charge in [-0.15, -0.1) is 5.10 Å². The summed E-state index contributed by atoms with van der Waals surface area (Å²) in [6, 6.07) is 4.79. The van der Waals surface area contributed by atoms with Gasteiger partial charge in [-0.3, -0.25) is 9.78 Å². The number of amides is 1. The third-order valence-corrected chi connectivity index (χ3v) is 6.75. The van der Waals surface area contributed by atoms with Crippen LogP contribution in [0, 0.1) is 12.8 Å². The van der Waals surface area contributed by atoms with Crippen molar-refractivity contribution in [2.75, 3.05) is 5.32 Å². The van der Waals surface area contributed by atoms with Crippen LogP contribution < -0.4 is 5.32 Å². The van der Waals surface area contributed by atoms with Gasteiger partial charge in [-0.2, -0.15) is 36.7 Å². The number of halogens is 5. The molecule has 206 valence electrons. The second kappa shape index (κ2) is 9.46. The first-order chi connectivity index (χ1) is 19.1. The average molecular weight is 559 g/mol. The van der Waals surface area contributed by atoms with E-state index < -0.39 is 30.5 Å². The van der Waals surface area contributed by atoms with E-state index in [1.54, 1.807) is 25.1 Å². The fraction of sp³-hybridized carbons (Fsp3) is 0.292. The molecule has 0 unspecified atom stereocenters. The van der Waals surface area contributed by atoms with Crippen molar-refractivity contribution in [1.82, 2.24) is 39.7 Å². The van der Waals surface area contributed by atoms with Gasteiger partial charge in [-0.1, -0.05) is 10.4 Å². The third kappa shape index (κ3) is 4.65. The van der Waals surface area contributed by atoms with Crippen molar-refractivity contribution in [3.63, 3.8) is 0 Å². The predicted octanol–water partition coefficient (Wildman–Crippen LogP) is 5.05. The number of aromatic nitrogens is 8. The van der Waals surface area contributed by atoms with E-state index in [4.69, 9.17) is 4.52 Å². The van der Waals surface area contributed by atoms with Crippen LogP contribution >= 0.6 is 0 Å². The Balaban J connectivity index is 1.19. The van der Waals surface area contributed by atoms with Crippen molar-refractivity contribution in [2.45, 2.75) is 38.4 Å². The van der Waals surface area contributed by atoms with Crippen LogP contribution in [0.4, 0.5) is 27.6 Å². The molecule has 1 saturated carbocycles. The number of nitrogens with zero attached hydrogens (tertiary/aromatic N) is 8. The number of carbonyl (C=O) groups excluding carboxylic acids is 1. The molecule has 1 fully saturated rings. The van der Waals surface area contributed by atoms with E-state index in [-0.39, 0.29) is 35.8 Å². The van der Waals surface area contributed by atoms with Crippen LogP contribution in [0.15, 0.2) is 47.5 Å². The van der Waals surface area contributed by atoms with Crippen LogP contribution in [0.2, 0.25) is 0 Å². The molecule has 16 heteroatoms. The number of aryl methyl sites for hydroxylation is 1. The van der Waals surface area contributed by atoms with Crippen molar-refractivity contribution in [1.29, 1.82) is 0 Å². The second-order valence-corrected chi connectivity index (χ2v) is 9.34. The number of fused-ring (bicyclic) bond motifs is 1. The lowest BCUT2D eigenvalue weighted by atomic mass is 9.74. The number of rotatable bonds is 6. The maximum atomic E-state index is 13.1. The lowest BCUT2D eigenvalue weighted by molar-refractivity contribution is -0.198. The van der Waals surface area contributed by atoms with E-state index in [0.29, 0.717) is 32.7 Å². The van der Waals surface area contributed by atoms with E-state index >= 15 is 0 Å². The van der Waals surface area contributed by atoms with Crippen molar-refractivity contribution >= 4 is 17.1 Å². The Morgan fingerprint density at radius 1 is 1.15 bits per heavy atom. The first-order valence-corrected chi connectivity index (χ1v) is 11.9. The van der Waals surface area contributed by atoms with E-state index in [0.717, 1.165) is 6.20 Å².